The summed E-state index contributed by atoms with van der Waals surface area (Å²) in [7, 11) is -4.28. The van der Waals surface area contributed by atoms with Gasteiger partial charge in [-0.3, -0.25) is 14.9 Å². The van der Waals surface area contributed by atoms with E-state index in [2.05, 4.69) is 26.5 Å². The lowest BCUT2D eigenvalue weighted by molar-refractivity contribution is -0.384. The van der Waals surface area contributed by atoms with Gasteiger partial charge in [-0.1, -0.05) is 27.5 Å². The molecule has 0 bridgehead atoms. The molecule has 3 rings (SSSR count). The molecule has 164 valence electrons. The van der Waals surface area contributed by atoms with E-state index in [4.69, 9.17) is 15.8 Å². The van der Waals surface area contributed by atoms with E-state index in [1.54, 1.807) is 24.3 Å². The molecule has 0 heterocycles. The molecule has 0 aliphatic heterocycles. The Bertz CT molecular complexity index is 1300. The van der Waals surface area contributed by atoms with Gasteiger partial charge in [0, 0.05) is 32.8 Å². The van der Waals surface area contributed by atoms with Crippen LogP contribution in [0.2, 0.25) is 5.02 Å². The fourth-order valence-electron chi connectivity index (χ4n) is 2.42. The monoisotopic (exact) mass is 537 g/mol. The molecule has 0 saturated carbocycles. The standard InChI is InChI=1S/C20H13BrClN3O6S/c21-15-3-10-19(31-32(29,30)18-8-6-17(7-9-18)25(27)28)14(11-15)12-23-24-20(26)13-1-4-16(22)5-2-13/h1-12H,(H,24,26). The first kappa shape index (κ1) is 23.4. The molecule has 3 aromatic carbocycles. The summed E-state index contributed by atoms with van der Waals surface area (Å²) < 4.78 is 31.0. The number of nitrogens with one attached hydrogen (secondary N) is 1. The Hall–Kier alpha value is -3.28. The summed E-state index contributed by atoms with van der Waals surface area (Å²) >= 11 is 9.07. The van der Waals surface area contributed by atoms with Crippen molar-refractivity contribution in [3.63, 3.8) is 0 Å². The molecule has 0 saturated heterocycles. The van der Waals surface area contributed by atoms with Gasteiger partial charge in [0.2, 0.25) is 0 Å². The van der Waals surface area contributed by atoms with Crippen LogP contribution < -0.4 is 9.61 Å². The molecule has 3 aromatic rings. The third-order valence-corrected chi connectivity index (χ3v) is 5.98. The SMILES string of the molecule is O=C(NN=Cc1cc(Br)ccc1OS(=O)(=O)c1ccc([N+](=O)[O-])cc1)c1ccc(Cl)cc1. The van der Waals surface area contributed by atoms with Gasteiger partial charge in [-0.2, -0.15) is 13.5 Å². The molecule has 0 fully saturated rings. The Morgan fingerprint density at radius 1 is 1.09 bits per heavy atom. The van der Waals surface area contributed by atoms with Crippen molar-refractivity contribution in [2.75, 3.05) is 0 Å². The number of hydrogen-bond acceptors (Lipinski definition) is 7. The predicted molar refractivity (Wildman–Crippen MR) is 122 cm³/mol. The molecule has 1 N–H and O–H groups in total. The quantitative estimate of drug-likeness (QED) is 0.203. The van der Waals surface area contributed by atoms with Crippen molar-refractivity contribution in [1.82, 2.24) is 5.43 Å². The van der Waals surface area contributed by atoms with E-state index in [9.17, 15) is 23.3 Å². The molecule has 0 atom stereocenters. The maximum atomic E-state index is 12.6. The second kappa shape index (κ2) is 9.90. The van der Waals surface area contributed by atoms with Crippen molar-refractivity contribution in [2.45, 2.75) is 4.90 Å². The van der Waals surface area contributed by atoms with Crippen LogP contribution in [0.4, 0.5) is 5.69 Å². The van der Waals surface area contributed by atoms with Crippen molar-refractivity contribution in [3.8, 4) is 5.75 Å². The highest BCUT2D eigenvalue weighted by atomic mass is 79.9. The minimum Gasteiger partial charge on any atom is -0.378 e. The van der Waals surface area contributed by atoms with Crippen LogP contribution in [0.5, 0.6) is 5.75 Å². The van der Waals surface area contributed by atoms with Crippen molar-refractivity contribution in [2.24, 2.45) is 5.10 Å². The molecule has 0 unspecified atom stereocenters. The number of hydrazone groups is 1. The summed E-state index contributed by atoms with van der Waals surface area (Å²) in [5, 5.41) is 15.1. The molecule has 0 aromatic heterocycles. The van der Waals surface area contributed by atoms with Gasteiger partial charge in [-0.15, -0.1) is 0 Å². The number of nitro groups is 1. The average molecular weight is 539 g/mol. The fraction of sp³-hybridized carbons (Fsp3) is 0. The van der Waals surface area contributed by atoms with Crippen LogP contribution in [0.3, 0.4) is 0 Å². The largest absolute Gasteiger partial charge is 0.378 e. The summed E-state index contributed by atoms with van der Waals surface area (Å²) in [6.45, 7) is 0. The summed E-state index contributed by atoms with van der Waals surface area (Å²) in [6.07, 6.45) is 1.22. The van der Waals surface area contributed by atoms with Crippen LogP contribution >= 0.6 is 27.5 Å². The zero-order valence-electron chi connectivity index (χ0n) is 15.9. The normalized spacial score (nSPS) is 11.3. The maximum absolute atomic E-state index is 12.6. The molecule has 32 heavy (non-hydrogen) atoms. The highest BCUT2D eigenvalue weighted by molar-refractivity contribution is 9.10. The van der Waals surface area contributed by atoms with Crippen molar-refractivity contribution in [1.29, 1.82) is 0 Å². The number of nitrogens with zero attached hydrogens (tertiary/aromatic N) is 2. The van der Waals surface area contributed by atoms with Gasteiger partial charge in [0.15, 0.2) is 5.75 Å². The second-order valence-corrected chi connectivity index (χ2v) is 9.08. The van der Waals surface area contributed by atoms with Gasteiger partial charge < -0.3 is 4.18 Å². The number of carbonyl (C=O) groups excluding carboxylic acids is 1. The molecular formula is C20H13BrClN3O6S. The Morgan fingerprint density at radius 3 is 2.38 bits per heavy atom. The Kier molecular flexibility index (Phi) is 7.23. The van der Waals surface area contributed by atoms with Crippen LogP contribution in [0.25, 0.3) is 0 Å². The Morgan fingerprint density at radius 2 is 1.75 bits per heavy atom. The van der Waals surface area contributed by atoms with E-state index in [-0.39, 0.29) is 21.9 Å². The zero-order valence-corrected chi connectivity index (χ0v) is 19.1. The van der Waals surface area contributed by atoms with E-state index >= 15 is 0 Å². The van der Waals surface area contributed by atoms with Crippen LogP contribution in [-0.2, 0) is 10.1 Å². The van der Waals surface area contributed by atoms with E-state index < -0.39 is 20.9 Å². The second-order valence-electron chi connectivity index (χ2n) is 6.18. The number of carbonyl (C=O) groups is 1. The lowest BCUT2D eigenvalue weighted by Crippen LogP contribution is -2.17. The van der Waals surface area contributed by atoms with Crippen molar-refractivity contribution >= 4 is 55.5 Å². The predicted octanol–water partition coefficient (Wildman–Crippen LogP) is 4.54. The summed E-state index contributed by atoms with van der Waals surface area (Å²) in [5.41, 5.74) is 2.66. The lowest BCUT2D eigenvalue weighted by Gasteiger charge is -2.10. The molecule has 0 aliphatic rings. The number of halogens is 2. The first-order valence-corrected chi connectivity index (χ1v) is 11.3. The van der Waals surface area contributed by atoms with E-state index in [1.165, 1.54) is 24.4 Å². The number of hydrogen-bond donors (Lipinski definition) is 1. The van der Waals surface area contributed by atoms with Gasteiger partial charge in [-0.25, -0.2) is 5.43 Å². The molecular weight excluding hydrogens is 526 g/mol. The molecule has 12 heteroatoms. The zero-order chi connectivity index (χ0) is 23.3. The summed E-state index contributed by atoms with van der Waals surface area (Å²) in [4.78, 5) is 22.0. The minimum absolute atomic E-state index is 0.0592. The third-order valence-electron chi connectivity index (χ3n) is 3.98. The van der Waals surface area contributed by atoms with Gasteiger partial charge in [0.1, 0.15) is 4.90 Å². The van der Waals surface area contributed by atoms with Gasteiger partial charge in [0.25, 0.3) is 11.6 Å². The van der Waals surface area contributed by atoms with Crippen molar-refractivity contribution < 1.29 is 22.3 Å². The van der Waals surface area contributed by atoms with E-state index in [1.807, 2.05) is 0 Å². The van der Waals surface area contributed by atoms with Crippen LogP contribution in [0.15, 0.2) is 81.2 Å². The number of non-ortho nitro benzene ring substituents is 1. The minimum atomic E-state index is -4.28. The Balaban J connectivity index is 1.79. The average Bonchev–Trinajstić information content (AvgIpc) is 2.76. The smallest absolute Gasteiger partial charge is 0.339 e. The van der Waals surface area contributed by atoms with Gasteiger partial charge in [-0.05, 0) is 54.6 Å². The molecule has 0 spiro atoms. The highest BCUT2D eigenvalue weighted by Gasteiger charge is 2.20. The number of rotatable bonds is 7. The molecule has 9 nitrogen and oxygen atoms in total. The van der Waals surface area contributed by atoms with Crippen LogP contribution in [-0.4, -0.2) is 25.5 Å². The molecule has 1 amide bonds. The molecule has 0 radical (unpaired) electrons. The van der Waals surface area contributed by atoms with E-state index in [0.29, 0.717) is 15.1 Å². The van der Waals surface area contributed by atoms with Gasteiger partial charge >= 0.3 is 10.1 Å². The fourth-order valence-corrected chi connectivity index (χ4v) is 3.88. The van der Waals surface area contributed by atoms with Crippen LogP contribution in [0.1, 0.15) is 15.9 Å². The lowest BCUT2D eigenvalue weighted by atomic mass is 10.2. The third kappa shape index (κ3) is 5.90. The first-order valence-electron chi connectivity index (χ1n) is 8.73. The maximum Gasteiger partial charge on any atom is 0.339 e. The first-order chi connectivity index (χ1) is 15.2. The molecule has 0 aliphatic carbocycles. The summed E-state index contributed by atoms with van der Waals surface area (Å²) in [5.74, 6) is -0.551. The van der Waals surface area contributed by atoms with E-state index in [0.717, 1.165) is 24.3 Å². The van der Waals surface area contributed by atoms with Crippen molar-refractivity contribution in [3.05, 3.63) is 97.5 Å². The van der Waals surface area contributed by atoms with Gasteiger partial charge in [0.05, 0.1) is 11.1 Å². The Labute approximate surface area is 196 Å². The highest BCUT2D eigenvalue weighted by Crippen LogP contribution is 2.26. The topological polar surface area (TPSA) is 128 Å². The summed E-state index contributed by atoms with van der Waals surface area (Å²) in [6, 6.07) is 14.9. The number of benzene rings is 3. The van der Waals surface area contributed by atoms with Crippen LogP contribution in [0, 0.1) is 10.1 Å². The number of amides is 1. The number of nitro benzene ring substituents is 1.